The van der Waals surface area contributed by atoms with Crippen LogP contribution in [0.5, 0.6) is 0 Å². The highest BCUT2D eigenvalue weighted by Crippen LogP contribution is 2.07. The maximum atomic E-state index is 10.4. The first kappa shape index (κ1) is 10.8. The fourth-order valence-electron chi connectivity index (χ4n) is 0.804. The number of unbranched alkanes of at least 4 members (excludes halogenated alkanes) is 2. The van der Waals surface area contributed by atoms with Gasteiger partial charge in [0, 0.05) is 19.8 Å². The van der Waals surface area contributed by atoms with Gasteiger partial charge in [0.1, 0.15) is 5.76 Å². The van der Waals surface area contributed by atoms with Crippen molar-refractivity contribution in [3.8, 4) is 12.3 Å². The second kappa shape index (κ2) is 6.48. The number of ether oxygens (including phenoxy) is 1. The van der Waals surface area contributed by atoms with E-state index in [0.29, 0.717) is 12.2 Å². The van der Waals surface area contributed by atoms with Crippen LogP contribution in [0.25, 0.3) is 0 Å². The monoisotopic (exact) mass is 166 g/mol. The van der Waals surface area contributed by atoms with Crippen LogP contribution in [0.1, 0.15) is 32.6 Å². The molecule has 0 amide bonds. The summed E-state index contributed by atoms with van der Waals surface area (Å²) in [5.41, 5.74) is 0. The van der Waals surface area contributed by atoms with Gasteiger partial charge in [-0.25, -0.2) is 0 Å². The van der Waals surface area contributed by atoms with E-state index in [9.17, 15) is 4.79 Å². The van der Waals surface area contributed by atoms with Crippen molar-refractivity contribution in [3.63, 3.8) is 0 Å². The fourth-order valence-corrected chi connectivity index (χ4v) is 0.804. The molecule has 2 nitrogen and oxygen atoms in total. The molecule has 0 saturated heterocycles. The van der Waals surface area contributed by atoms with Gasteiger partial charge in [-0.3, -0.25) is 4.79 Å². The molecular formula is C10H14O2. The molecule has 0 N–H and O–H groups in total. The average Bonchev–Trinajstić information content (AvgIpc) is 1.97. The van der Waals surface area contributed by atoms with Crippen LogP contribution < -0.4 is 0 Å². The molecule has 0 aliphatic carbocycles. The summed E-state index contributed by atoms with van der Waals surface area (Å²) in [6, 6.07) is 0. The highest BCUT2D eigenvalue weighted by atomic mass is 16.5. The first-order chi connectivity index (χ1) is 5.66. The summed E-state index contributed by atoms with van der Waals surface area (Å²) < 4.78 is 4.75. The second-order valence-electron chi connectivity index (χ2n) is 2.54. The Bertz CT molecular complexity index is 198. The van der Waals surface area contributed by atoms with E-state index in [0.717, 1.165) is 19.3 Å². The molecule has 0 aromatic heterocycles. The minimum atomic E-state index is -0.308. The van der Waals surface area contributed by atoms with Crippen molar-refractivity contribution in [3.05, 3.63) is 12.3 Å². The van der Waals surface area contributed by atoms with Crippen molar-refractivity contribution in [2.75, 3.05) is 0 Å². The first-order valence-corrected chi connectivity index (χ1v) is 3.96. The number of hydrogen-bond acceptors (Lipinski definition) is 2. The molecule has 0 aliphatic rings. The minimum Gasteiger partial charge on any atom is -0.432 e. The number of esters is 1. The lowest BCUT2D eigenvalue weighted by Crippen LogP contribution is -1.97. The molecule has 0 aromatic carbocycles. The quantitative estimate of drug-likeness (QED) is 0.271. The molecule has 0 aromatic rings. The molecule has 0 unspecified atom stereocenters. The molecule has 0 atom stereocenters. The van der Waals surface area contributed by atoms with Crippen LogP contribution in [0.4, 0.5) is 0 Å². The predicted molar refractivity (Wildman–Crippen MR) is 48.2 cm³/mol. The number of rotatable bonds is 5. The summed E-state index contributed by atoms with van der Waals surface area (Å²) in [6.07, 6.45) is 8.43. The number of hydrogen-bond donors (Lipinski definition) is 0. The highest BCUT2D eigenvalue weighted by molar-refractivity contribution is 5.67. The smallest absolute Gasteiger partial charge is 0.307 e. The van der Waals surface area contributed by atoms with Crippen molar-refractivity contribution < 1.29 is 9.53 Å². The standard InChI is InChI=1S/C10H14O2/c1-4-5-6-7-8-9(2)12-10(3)11/h1H,2,5-8H2,3H3. The van der Waals surface area contributed by atoms with Crippen molar-refractivity contribution in [2.24, 2.45) is 0 Å². The van der Waals surface area contributed by atoms with E-state index in [4.69, 9.17) is 11.2 Å². The van der Waals surface area contributed by atoms with Gasteiger partial charge in [0.15, 0.2) is 0 Å². The summed E-state index contributed by atoms with van der Waals surface area (Å²) in [5.74, 6) is 2.76. The third-order valence-electron chi connectivity index (χ3n) is 1.31. The van der Waals surface area contributed by atoms with E-state index >= 15 is 0 Å². The Kier molecular flexibility index (Phi) is 5.81. The van der Waals surface area contributed by atoms with Crippen molar-refractivity contribution in [1.82, 2.24) is 0 Å². The van der Waals surface area contributed by atoms with Crippen LogP contribution >= 0.6 is 0 Å². The van der Waals surface area contributed by atoms with Gasteiger partial charge in [-0.05, 0) is 12.8 Å². The van der Waals surface area contributed by atoms with Crippen LogP contribution in [-0.4, -0.2) is 5.97 Å². The van der Waals surface area contributed by atoms with Gasteiger partial charge in [0.25, 0.3) is 0 Å². The van der Waals surface area contributed by atoms with E-state index in [2.05, 4.69) is 12.5 Å². The molecule has 0 radical (unpaired) electrons. The Morgan fingerprint density at radius 1 is 1.58 bits per heavy atom. The number of terminal acetylenes is 1. The molecule has 0 heterocycles. The van der Waals surface area contributed by atoms with E-state index < -0.39 is 0 Å². The molecule has 0 saturated carbocycles. The molecule has 12 heavy (non-hydrogen) atoms. The van der Waals surface area contributed by atoms with Gasteiger partial charge in [-0.15, -0.1) is 12.3 Å². The van der Waals surface area contributed by atoms with Crippen molar-refractivity contribution in [2.45, 2.75) is 32.6 Å². The van der Waals surface area contributed by atoms with Crippen LogP contribution in [-0.2, 0) is 9.53 Å². The Balaban J connectivity index is 3.33. The zero-order valence-corrected chi connectivity index (χ0v) is 7.43. The Morgan fingerprint density at radius 2 is 2.25 bits per heavy atom. The molecule has 2 heteroatoms. The molecule has 0 spiro atoms. The van der Waals surface area contributed by atoms with Gasteiger partial charge >= 0.3 is 5.97 Å². The van der Waals surface area contributed by atoms with Gasteiger partial charge < -0.3 is 4.74 Å². The summed E-state index contributed by atoms with van der Waals surface area (Å²) in [5, 5.41) is 0. The lowest BCUT2D eigenvalue weighted by atomic mass is 10.2. The molecule has 0 aliphatic heterocycles. The van der Waals surface area contributed by atoms with Crippen LogP contribution in [0.3, 0.4) is 0 Å². The third kappa shape index (κ3) is 6.88. The normalized spacial score (nSPS) is 8.67. The maximum Gasteiger partial charge on any atom is 0.307 e. The summed E-state index contributed by atoms with van der Waals surface area (Å²) in [7, 11) is 0. The van der Waals surface area contributed by atoms with Gasteiger partial charge in [0.05, 0.1) is 0 Å². The first-order valence-electron chi connectivity index (χ1n) is 3.96. The number of carbonyl (C=O) groups excluding carboxylic acids is 1. The largest absolute Gasteiger partial charge is 0.432 e. The highest BCUT2D eigenvalue weighted by Gasteiger charge is 1.97. The van der Waals surface area contributed by atoms with Crippen molar-refractivity contribution >= 4 is 5.97 Å². The molecular weight excluding hydrogens is 152 g/mol. The predicted octanol–water partition coefficient (Wildman–Crippen LogP) is 2.26. The summed E-state index contributed by atoms with van der Waals surface area (Å²) >= 11 is 0. The lowest BCUT2D eigenvalue weighted by Gasteiger charge is -2.03. The number of allylic oxidation sites excluding steroid dienone is 1. The van der Waals surface area contributed by atoms with Crippen LogP contribution in [0, 0.1) is 12.3 Å². The van der Waals surface area contributed by atoms with E-state index in [1.165, 1.54) is 6.92 Å². The molecule has 0 fully saturated rings. The third-order valence-corrected chi connectivity index (χ3v) is 1.31. The second-order valence-corrected chi connectivity index (χ2v) is 2.54. The summed E-state index contributed by atoms with van der Waals surface area (Å²) in [6.45, 7) is 4.97. The Hall–Kier alpha value is -1.23. The van der Waals surface area contributed by atoms with Gasteiger partial charge in [0.2, 0.25) is 0 Å². The van der Waals surface area contributed by atoms with E-state index in [1.807, 2.05) is 0 Å². The molecule has 0 rings (SSSR count). The molecule has 0 bridgehead atoms. The van der Waals surface area contributed by atoms with Crippen LogP contribution in [0.15, 0.2) is 12.3 Å². The lowest BCUT2D eigenvalue weighted by molar-refractivity contribution is -0.137. The van der Waals surface area contributed by atoms with Crippen molar-refractivity contribution in [1.29, 1.82) is 0 Å². The topological polar surface area (TPSA) is 26.3 Å². The van der Waals surface area contributed by atoms with Gasteiger partial charge in [-0.2, -0.15) is 0 Å². The van der Waals surface area contributed by atoms with Gasteiger partial charge in [-0.1, -0.05) is 6.58 Å². The zero-order chi connectivity index (χ0) is 9.40. The van der Waals surface area contributed by atoms with Crippen LogP contribution in [0.2, 0.25) is 0 Å². The Morgan fingerprint density at radius 3 is 2.75 bits per heavy atom. The average molecular weight is 166 g/mol. The van der Waals surface area contributed by atoms with E-state index in [-0.39, 0.29) is 5.97 Å². The summed E-state index contributed by atoms with van der Waals surface area (Å²) in [4.78, 5) is 10.4. The fraction of sp³-hybridized carbons (Fsp3) is 0.500. The SMILES string of the molecule is C#CCCCCC(=C)OC(C)=O. The molecule has 66 valence electrons. The minimum absolute atomic E-state index is 0.308. The number of carbonyl (C=O) groups is 1. The Labute approximate surface area is 73.6 Å². The zero-order valence-electron chi connectivity index (χ0n) is 7.43. The maximum absolute atomic E-state index is 10.4. The van der Waals surface area contributed by atoms with E-state index in [1.54, 1.807) is 0 Å².